The second-order valence-corrected chi connectivity index (χ2v) is 3.68. The molecule has 1 amide bonds. The van der Waals surface area contributed by atoms with Gasteiger partial charge in [-0.25, -0.2) is 0 Å². The molecule has 84 valence electrons. The normalized spacial score (nSPS) is 10.4. The van der Waals surface area contributed by atoms with Gasteiger partial charge in [-0.05, 0) is 30.7 Å². The Morgan fingerprint density at radius 3 is 3.00 bits per heavy atom. The van der Waals surface area contributed by atoms with E-state index in [-0.39, 0.29) is 16.9 Å². The average molecular weight is 240 g/mol. The molecule has 0 bridgehead atoms. The Kier molecular flexibility index (Phi) is 2.96. The number of amides is 1. The zero-order chi connectivity index (χ0) is 11.5. The quantitative estimate of drug-likeness (QED) is 0.859. The Hall–Kier alpha value is -1.75. The summed E-state index contributed by atoms with van der Waals surface area (Å²) in [4.78, 5) is 11.6. The average Bonchev–Trinajstić information content (AvgIpc) is 2.84. The smallest absolute Gasteiger partial charge is 0.287 e. The number of aromatic nitrogens is 2. The van der Waals surface area contributed by atoms with Crippen molar-refractivity contribution in [3.05, 3.63) is 40.6 Å². The van der Waals surface area contributed by atoms with Gasteiger partial charge in [-0.2, -0.15) is 5.10 Å². The van der Waals surface area contributed by atoms with Crippen LogP contribution in [0.5, 0.6) is 0 Å². The van der Waals surface area contributed by atoms with Crippen LogP contribution in [0.1, 0.15) is 21.8 Å². The highest BCUT2D eigenvalue weighted by molar-refractivity contribution is 6.29. The van der Waals surface area contributed by atoms with Crippen LogP contribution >= 0.6 is 11.6 Å². The molecule has 0 atom stereocenters. The summed E-state index contributed by atoms with van der Waals surface area (Å²) < 4.78 is 4.98. The first-order valence-corrected chi connectivity index (χ1v) is 5.07. The number of aryl methyl sites for hydroxylation is 1. The van der Waals surface area contributed by atoms with Crippen LogP contribution in [0.15, 0.2) is 22.7 Å². The predicted octanol–water partition coefficient (Wildman–Crippen LogP) is 1.89. The van der Waals surface area contributed by atoms with Gasteiger partial charge in [0.05, 0.1) is 6.20 Å². The van der Waals surface area contributed by atoms with Gasteiger partial charge in [-0.15, -0.1) is 0 Å². The zero-order valence-electron chi connectivity index (χ0n) is 8.58. The minimum Gasteiger partial charge on any atom is -0.440 e. The SMILES string of the molecule is Cc1[nH]ncc1CNC(=O)c1ccc(Cl)o1. The summed E-state index contributed by atoms with van der Waals surface area (Å²) in [7, 11) is 0. The van der Waals surface area contributed by atoms with Crippen LogP contribution in [0, 0.1) is 6.92 Å². The van der Waals surface area contributed by atoms with Gasteiger partial charge in [-0.1, -0.05) is 0 Å². The second-order valence-electron chi connectivity index (χ2n) is 3.31. The molecule has 2 heterocycles. The summed E-state index contributed by atoms with van der Waals surface area (Å²) >= 11 is 5.57. The minimum atomic E-state index is -0.299. The van der Waals surface area contributed by atoms with E-state index in [2.05, 4.69) is 15.5 Å². The van der Waals surface area contributed by atoms with Crippen LogP contribution in [0.2, 0.25) is 5.22 Å². The molecule has 0 unspecified atom stereocenters. The number of aromatic amines is 1. The number of carbonyl (C=O) groups is 1. The first kappa shape index (κ1) is 10.8. The fourth-order valence-electron chi connectivity index (χ4n) is 1.25. The van der Waals surface area contributed by atoms with Crippen molar-refractivity contribution in [2.75, 3.05) is 0 Å². The molecule has 2 aromatic heterocycles. The van der Waals surface area contributed by atoms with Crippen LogP contribution in [0.25, 0.3) is 0 Å². The molecule has 0 aliphatic carbocycles. The largest absolute Gasteiger partial charge is 0.440 e. The van der Waals surface area contributed by atoms with Crippen LogP contribution in [-0.4, -0.2) is 16.1 Å². The molecule has 0 saturated heterocycles. The number of nitrogens with zero attached hydrogens (tertiary/aromatic N) is 1. The number of H-pyrrole nitrogens is 1. The topological polar surface area (TPSA) is 70.9 Å². The molecule has 0 saturated carbocycles. The van der Waals surface area contributed by atoms with Crippen molar-refractivity contribution in [3.63, 3.8) is 0 Å². The highest BCUT2D eigenvalue weighted by atomic mass is 35.5. The van der Waals surface area contributed by atoms with Crippen LogP contribution in [0.3, 0.4) is 0 Å². The van der Waals surface area contributed by atoms with Gasteiger partial charge >= 0.3 is 0 Å². The van der Waals surface area contributed by atoms with Crippen LogP contribution in [-0.2, 0) is 6.54 Å². The van der Waals surface area contributed by atoms with E-state index in [0.29, 0.717) is 6.54 Å². The molecular formula is C10H10ClN3O2. The maximum Gasteiger partial charge on any atom is 0.287 e. The third-order valence-electron chi connectivity index (χ3n) is 2.17. The van der Waals surface area contributed by atoms with Crippen molar-refractivity contribution in [1.29, 1.82) is 0 Å². The molecular weight excluding hydrogens is 230 g/mol. The lowest BCUT2D eigenvalue weighted by Gasteiger charge is -2.01. The summed E-state index contributed by atoms with van der Waals surface area (Å²) in [5.41, 5.74) is 1.86. The minimum absolute atomic E-state index is 0.199. The fourth-order valence-corrected chi connectivity index (χ4v) is 1.40. The van der Waals surface area contributed by atoms with Gasteiger partial charge in [0.15, 0.2) is 11.0 Å². The van der Waals surface area contributed by atoms with Crippen molar-refractivity contribution >= 4 is 17.5 Å². The molecule has 6 heteroatoms. The fraction of sp³-hybridized carbons (Fsp3) is 0.200. The number of nitrogens with one attached hydrogen (secondary N) is 2. The molecule has 0 aromatic carbocycles. The van der Waals surface area contributed by atoms with Gasteiger partial charge in [0, 0.05) is 17.8 Å². The molecule has 0 spiro atoms. The van der Waals surface area contributed by atoms with E-state index in [9.17, 15) is 4.79 Å². The van der Waals surface area contributed by atoms with Crippen molar-refractivity contribution in [2.45, 2.75) is 13.5 Å². The number of carbonyl (C=O) groups excluding carboxylic acids is 1. The molecule has 0 aliphatic heterocycles. The Morgan fingerprint density at radius 1 is 1.62 bits per heavy atom. The van der Waals surface area contributed by atoms with E-state index in [1.807, 2.05) is 6.92 Å². The first-order chi connectivity index (χ1) is 7.66. The lowest BCUT2D eigenvalue weighted by atomic mass is 10.2. The van der Waals surface area contributed by atoms with E-state index in [4.69, 9.17) is 16.0 Å². The van der Waals surface area contributed by atoms with E-state index in [1.165, 1.54) is 12.1 Å². The van der Waals surface area contributed by atoms with Crippen LogP contribution < -0.4 is 5.32 Å². The number of rotatable bonds is 3. The molecule has 16 heavy (non-hydrogen) atoms. The van der Waals surface area contributed by atoms with Gasteiger partial charge in [0.2, 0.25) is 0 Å². The van der Waals surface area contributed by atoms with E-state index >= 15 is 0 Å². The molecule has 2 aromatic rings. The van der Waals surface area contributed by atoms with Crippen molar-refractivity contribution in [3.8, 4) is 0 Å². The summed E-state index contributed by atoms with van der Waals surface area (Å²) in [5, 5.41) is 9.55. The van der Waals surface area contributed by atoms with Crippen molar-refractivity contribution < 1.29 is 9.21 Å². The summed E-state index contributed by atoms with van der Waals surface area (Å²) in [5.74, 6) is -0.0985. The lowest BCUT2D eigenvalue weighted by molar-refractivity contribution is 0.0923. The van der Waals surface area contributed by atoms with Gasteiger partial charge < -0.3 is 9.73 Å². The maximum atomic E-state index is 11.6. The summed E-state index contributed by atoms with van der Waals surface area (Å²) in [6.07, 6.45) is 1.67. The van der Waals surface area contributed by atoms with Crippen molar-refractivity contribution in [2.24, 2.45) is 0 Å². The predicted molar refractivity (Wildman–Crippen MR) is 58.2 cm³/mol. The highest BCUT2D eigenvalue weighted by Gasteiger charge is 2.10. The number of furan rings is 1. The first-order valence-electron chi connectivity index (χ1n) is 4.69. The molecule has 0 fully saturated rings. The van der Waals surface area contributed by atoms with Crippen LogP contribution in [0.4, 0.5) is 0 Å². The number of hydrogen-bond donors (Lipinski definition) is 2. The van der Waals surface area contributed by atoms with E-state index in [0.717, 1.165) is 11.3 Å². The highest BCUT2D eigenvalue weighted by Crippen LogP contribution is 2.13. The molecule has 0 radical (unpaired) electrons. The molecule has 2 rings (SSSR count). The third kappa shape index (κ3) is 2.25. The number of halogens is 1. The Labute approximate surface area is 96.8 Å². The number of hydrogen-bond acceptors (Lipinski definition) is 3. The molecule has 5 nitrogen and oxygen atoms in total. The van der Waals surface area contributed by atoms with Gasteiger partial charge in [0.25, 0.3) is 5.91 Å². The summed E-state index contributed by atoms with van der Waals surface area (Å²) in [6.45, 7) is 2.29. The molecule has 2 N–H and O–H groups in total. The second kappa shape index (κ2) is 4.40. The van der Waals surface area contributed by atoms with Crippen molar-refractivity contribution in [1.82, 2.24) is 15.5 Å². The monoisotopic (exact) mass is 239 g/mol. The van der Waals surface area contributed by atoms with E-state index in [1.54, 1.807) is 6.20 Å². The summed E-state index contributed by atoms with van der Waals surface area (Å²) in [6, 6.07) is 3.06. The Morgan fingerprint density at radius 2 is 2.44 bits per heavy atom. The van der Waals surface area contributed by atoms with E-state index < -0.39 is 0 Å². The Bertz CT molecular complexity index is 504. The molecule has 0 aliphatic rings. The maximum absolute atomic E-state index is 11.6. The standard InChI is InChI=1S/C10H10ClN3O2/c1-6-7(5-13-14-6)4-12-10(15)8-2-3-9(11)16-8/h2-3,5H,4H2,1H3,(H,12,15)(H,13,14). The van der Waals surface area contributed by atoms with Gasteiger partial charge in [-0.3, -0.25) is 9.89 Å². The third-order valence-corrected chi connectivity index (χ3v) is 2.37. The van der Waals surface area contributed by atoms with Gasteiger partial charge in [0.1, 0.15) is 0 Å². The lowest BCUT2D eigenvalue weighted by Crippen LogP contribution is -2.22. The zero-order valence-corrected chi connectivity index (χ0v) is 9.34. The Balaban J connectivity index is 1.96.